The van der Waals surface area contributed by atoms with Crippen LogP contribution >= 0.6 is 11.6 Å². The van der Waals surface area contributed by atoms with Crippen LogP contribution in [0.3, 0.4) is 0 Å². The van der Waals surface area contributed by atoms with Gasteiger partial charge in [0.05, 0.1) is 21.8 Å². The highest BCUT2D eigenvalue weighted by molar-refractivity contribution is 6.34. The third-order valence-electron chi connectivity index (χ3n) is 2.21. The molecule has 1 aromatic rings. The number of nitriles is 2. The van der Waals surface area contributed by atoms with Gasteiger partial charge in [-0.1, -0.05) is 11.6 Å². The second kappa shape index (κ2) is 6.12. The van der Waals surface area contributed by atoms with Crippen LogP contribution in [-0.2, 0) is 12.4 Å². The summed E-state index contributed by atoms with van der Waals surface area (Å²) in [7, 11) is 0. The SMILES string of the molecule is N#CC(C#N)=NNc1cc(C(F)(F)F)cc(C(F)(F)F)c1Cl. The summed E-state index contributed by atoms with van der Waals surface area (Å²) in [5.74, 6) is 0. The molecule has 0 spiro atoms. The van der Waals surface area contributed by atoms with Gasteiger partial charge in [0.2, 0.25) is 5.71 Å². The van der Waals surface area contributed by atoms with E-state index in [2.05, 4.69) is 5.10 Å². The van der Waals surface area contributed by atoms with Crippen molar-refractivity contribution >= 4 is 23.0 Å². The molecule has 0 atom stereocenters. The minimum absolute atomic E-state index is 0.146. The monoisotopic (exact) mass is 340 g/mol. The number of rotatable bonds is 2. The summed E-state index contributed by atoms with van der Waals surface area (Å²) in [6.07, 6.45) is -10.2. The van der Waals surface area contributed by atoms with E-state index in [4.69, 9.17) is 22.1 Å². The van der Waals surface area contributed by atoms with E-state index in [1.165, 1.54) is 12.1 Å². The Morgan fingerprint density at radius 3 is 2.00 bits per heavy atom. The second-order valence-electron chi connectivity index (χ2n) is 3.68. The van der Waals surface area contributed by atoms with Gasteiger partial charge in [-0.2, -0.15) is 42.0 Å². The molecule has 0 heterocycles. The van der Waals surface area contributed by atoms with Crippen molar-refractivity contribution in [3.63, 3.8) is 0 Å². The van der Waals surface area contributed by atoms with Gasteiger partial charge in [0.15, 0.2) is 0 Å². The molecular formula is C11H3ClF6N4. The first-order chi connectivity index (χ1) is 10.0. The fourth-order valence-electron chi connectivity index (χ4n) is 1.27. The smallest absolute Gasteiger partial charge is 0.275 e. The van der Waals surface area contributed by atoms with Gasteiger partial charge in [-0.25, -0.2) is 0 Å². The summed E-state index contributed by atoms with van der Waals surface area (Å²) in [4.78, 5) is 0. The van der Waals surface area contributed by atoms with Crippen molar-refractivity contribution in [2.75, 3.05) is 5.43 Å². The average Bonchev–Trinajstić information content (AvgIpc) is 2.38. The first kappa shape index (κ1) is 17.6. The van der Waals surface area contributed by atoms with Crippen molar-refractivity contribution < 1.29 is 26.3 Å². The second-order valence-corrected chi connectivity index (χ2v) is 4.05. The van der Waals surface area contributed by atoms with Gasteiger partial charge in [0, 0.05) is 0 Å². The molecule has 1 aromatic carbocycles. The lowest BCUT2D eigenvalue weighted by molar-refractivity contribution is -0.142. The molecule has 0 saturated heterocycles. The molecule has 0 bridgehead atoms. The summed E-state index contributed by atoms with van der Waals surface area (Å²) in [6, 6.07) is 2.68. The van der Waals surface area contributed by atoms with Crippen molar-refractivity contribution in [2.24, 2.45) is 5.10 Å². The van der Waals surface area contributed by atoms with Crippen LogP contribution in [0.4, 0.5) is 32.0 Å². The molecule has 0 aliphatic carbocycles. The zero-order valence-corrected chi connectivity index (χ0v) is 10.9. The van der Waals surface area contributed by atoms with Gasteiger partial charge in [-0.15, -0.1) is 0 Å². The highest BCUT2D eigenvalue weighted by atomic mass is 35.5. The molecule has 0 radical (unpaired) electrons. The van der Waals surface area contributed by atoms with E-state index in [-0.39, 0.29) is 12.1 Å². The Morgan fingerprint density at radius 2 is 1.59 bits per heavy atom. The minimum atomic E-state index is -5.13. The van der Waals surface area contributed by atoms with Gasteiger partial charge < -0.3 is 0 Å². The molecule has 0 fully saturated rings. The number of hydrogen-bond donors (Lipinski definition) is 1. The van der Waals surface area contributed by atoms with Crippen LogP contribution in [0.15, 0.2) is 17.2 Å². The van der Waals surface area contributed by atoms with E-state index < -0.39 is 39.9 Å². The molecule has 0 unspecified atom stereocenters. The standard InChI is InChI=1S/C11H3ClF6N4/c12-9-7(11(16,17)18)1-5(10(13,14)15)2-8(9)22-21-6(3-19)4-20/h1-2,22H. The number of hydrogen-bond acceptors (Lipinski definition) is 4. The maximum atomic E-state index is 12.7. The van der Waals surface area contributed by atoms with Gasteiger partial charge in [0.1, 0.15) is 12.1 Å². The Balaban J connectivity index is 3.49. The topological polar surface area (TPSA) is 72.0 Å². The summed E-state index contributed by atoms with van der Waals surface area (Å²) >= 11 is 5.40. The number of halogens is 7. The molecule has 0 aliphatic heterocycles. The minimum Gasteiger partial charge on any atom is -0.275 e. The number of nitrogens with one attached hydrogen (secondary N) is 1. The van der Waals surface area contributed by atoms with Crippen molar-refractivity contribution in [1.82, 2.24) is 0 Å². The third kappa shape index (κ3) is 4.02. The Hall–Kier alpha value is -2.46. The first-order valence-electron chi connectivity index (χ1n) is 5.12. The van der Waals surface area contributed by atoms with Gasteiger partial charge in [-0.05, 0) is 12.1 Å². The third-order valence-corrected chi connectivity index (χ3v) is 2.61. The maximum Gasteiger partial charge on any atom is 0.417 e. The molecule has 0 aliphatic rings. The molecule has 0 saturated carbocycles. The van der Waals surface area contributed by atoms with Crippen molar-refractivity contribution in [1.29, 1.82) is 10.5 Å². The summed E-state index contributed by atoms with van der Waals surface area (Å²) in [5.41, 5.74) is -3.23. The van der Waals surface area contributed by atoms with Gasteiger partial charge in [-0.3, -0.25) is 5.43 Å². The lowest BCUT2D eigenvalue weighted by Gasteiger charge is -2.16. The highest BCUT2D eigenvalue weighted by Gasteiger charge is 2.39. The fraction of sp³-hybridized carbons (Fsp3) is 0.182. The predicted molar refractivity (Wildman–Crippen MR) is 63.7 cm³/mol. The number of alkyl halides is 6. The Morgan fingerprint density at radius 1 is 1.05 bits per heavy atom. The van der Waals surface area contributed by atoms with Crippen molar-refractivity contribution in [3.8, 4) is 12.1 Å². The van der Waals surface area contributed by atoms with E-state index in [1.54, 1.807) is 5.43 Å². The number of nitrogens with zero attached hydrogens (tertiary/aromatic N) is 3. The molecule has 4 nitrogen and oxygen atoms in total. The van der Waals surface area contributed by atoms with Crippen LogP contribution in [0, 0.1) is 22.7 Å². The number of benzene rings is 1. The van der Waals surface area contributed by atoms with Crippen molar-refractivity contribution in [3.05, 3.63) is 28.3 Å². The number of anilines is 1. The Bertz CT molecular complexity index is 677. The average molecular weight is 341 g/mol. The molecule has 0 amide bonds. The molecular weight excluding hydrogens is 338 g/mol. The number of hydrazone groups is 1. The lowest BCUT2D eigenvalue weighted by atomic mass is 10.1. The molecule has 22 heavy (non-hydrogen) atoms. The zero-order valence-electron chi connectivity index (χ0n) is 10.1. The highest BCUT2D eigenvalue weighted by Crippen LogP contribution is 2.42. The molecule has 11 heteroatoms. The van der Waals surface area contributed by atoms with E-state index in [9.17, 15) is 26.3 Å². The molecule has 0 aromatic heterocycles. The zero-order chi connectivity index (χ0) is 17.1. The van der Waals surface area contributed by atoms with Crippen LogP contribution in [-0.4, -0.2) is 5.71 Å². The van der Waals surface area contributed by atoms with Crippen LogP contribution in [0.1, 0.15) is 11.1 Å². The normalized spacial score (nSPS) is 11.3. The fourth-order valence-corrected chi connectivity index (χ4v) is 1.53. The summed E-state index contributed by atoms with van der Waals surface area (Å²) in [6.45, 7) is 0. The van der Waals surface area contributed by atoms with Gasteiger partial charge in [0.25, 0.3) is 0 Å². The Kier molecular flexibility index (Phi) is 4.89. The molecule has 116 valence electrons. The quantitative estimate of drug-likeness (QED) is 0.498. The van der Waals surface area contributed by atoms with Crippen LogP contribution in [0.25, 0.3) is 0 Å². The molecule has 1 rings (SSSR count). The molecule has 1 N–H and O–H groups in total. The van der Waals surface area contributed by atoms with E-state index in [0.717, 1.165) is 0 Å². The van der Waals surface area contributed by atoms with E-state index in [0.29, 0.717) is 0 Å². The van der Waals surface area contributed by atoms with Gasteiger partial charge >= 0.3 is 12.4 Å². The Labute approximate surface area is 124 Å². The van der Waals surface area contributed by atoms with E-state index >= 15 is 0 Å². The van der Waals surface area contributed by atoms with Crippen LogP contribution < -0.4 is 5.43 Å². The van der Waals surface area contributed by atoms with Crippen molar-refractivity contribution in [2.45, 2.75) is 12.4 Å². The first-order valence-corrected chi connectivity index (χ1v) is 5.50. The largest absolute Gasteiger partial charge is 0.417 e. The summed E-state index contributed by atoms with van der Waals surface area (Å²) < 4.78 is 76.0. The maximum absolute atomic E-state index is 12.7. The van der Waals surface area contributed by atoms with Crippen LogP contribution in [0.5, 0.6) is 0 Å². The summed E-state index contributed by atoms with van der Waals surface area (Å²) in [5, 5.41) is 18.8. The predicted octanol–water partition coefficient (Wildman–Crippen LogP) is 4.19. The van der Waals surface area contributed by atoms with Crippen LogP contribution in [0.2, 0.25) is 5.02 Å². The lowest BCUT2D eigenvalue weighted by Crippen LogP contribution is -2.13. The van der Waals surface area contributed by atoms with E-state index in [1.807, 2.05) is 0 Å².